The van der Waals surface area contributed by atoms with Gasteiger partial charge in [-0.1, -0.05) is 37.3 Å². The second-order valence-electron chi connectivity index (χ2n) is 9.90. The number of aromatic nitrogens is 1. The van der Waals surface area contributed by atoms with Crippen molar-refractivity contribution in [1.29, 1.82) is 0 Å². The lowest BCUT2D eigenvalue weighted by Crippen LogP contribution is -2.40. The Bertz CT molecular complexity index is 1290. The molecule has 3 aromatic rings. The van der Waals surface area contributed by atoms with Gasteiger partial charge in [0.2, 0.25) is 15.9 Å². The highest BCUT2D eigenvalue weighted by atomic mass is 32.2. The van der Waals surface area contributed by atoms with Gasteiger partial charge in [-0.15, -0.1) is 0 Å². The number of fused-ring (bicyclic) bond motifs is 1. The molecule has 5 N–H and O–H groups in total. The summed E-state index contributed by atoms with van der Waals surface area (Å²) in [6, 6.07) is 14.3. The third-order valence-electron chi connectivity index (χ3n) is 7.39. The lowest BCUT2D eigenvalue weighted by Gasteiger charge is -2.31. The molecule has 1 atom stereocenters. The molecule has 0 bridgehead atoms. The summed E-state index contributed by atoms with van der Waals surface area (Å²) in [7, 11) is -3.32. The van der Waals surface area contributed by atoms with E-state index < -0.39 is 10.0 Å². The Hall–Kier alpha value is -2.72. The highest BCUT2D eigenvalue weighted by Gasteiger charge is 2.29. The standard InChI is InChI=1S/C28H38N4O4S/c1-2-24(19-33)30-11-6-14-37(35,36)32-12-9-21(10-13-32)26-18-31-28-23(17-27(29)34)15-22(16-25(26)28)20-7-4-3-5-8-20/h3-5,7-8,15-16,18,21,24,30-31,33H,2,6,9-14,17,19H2,1H3,(H2,29,34)/t24-/m0/s1. The van der Waals surface area contributed by atoms with Gasteiger partial charge in [-0.05, 0) is 72.5 Å². The number of sulfonamides is 1. The van der Waals surface area contributed by atoms with Gasteiger partial charge in [0.25, 0.3) is 0 Å². The lowest BCUT2D eigenvalue weighted by atomic mass is 9.88. The van der Waals surface area contributed by atoms with Crippen LogP contribution in [0.2, 0.25) is 0 Å². The molecule has 1 fully saturated rings. The van der Waals surface area contributed by atoms with Crippen LogP contribution in [0.1, 0.15) is 49.7 Å². The number of rotatable bonds is 12. The van der Waals surface area contributed by atoms with Crippen LogP contribution in [-0.2, 0) is 21.2 Å². The number of benzene rings is 2. The molecule has 4 rings (SSSR count). The van der Waals surface area contributed by atoms with Gasteiger partial charge < -0.3 is 21.1 Å². The fourth-order valence-corrected chi connectivity index (χ4v) is 6.80. The molecular weight excluding hydrogens is 488 g/mol. The van der Waals surface area contributed by atoms with Crippen LogP contribution in [0, 0.1) is 0 Å². The maximum absolute atomic E-state index is 12.9. The number of H-pyrrole nitrogens is 1. The topological polar surface area (TPSA) is 129 Å². The molecule has 1 aliphatic heterocycles. The van der Waals surface area contributed by atoms with Gasteiger partial charge in [0, 0.05) is 36.2 Å². The molecule has 9 heteroatoms. The highest BCUT2D eigenvalue weighted by Crippen LogP contribution is 2.37. The van der Waals surface area contributed by atoms with E-state index in [4.69, 9.17) is 5.73 Å². The molecule has 37 heavy (non-hydrogen) atoms. The number of nitrogens with one attached hydrogen (secondary N) is 2. The SMILES string of the molecule is CC[C@@H](CO)NCCCS(=O)(=O)N1CCC(c2c[nH]c3c(CC(N)=O)cc(-c4ccccc4)cc23)CC1. The number of aliphatic hydroxyl groups is 1. The quantitative estimate of drug-likeness (QED) is 0.270. The smallest absolute Gasteiger partial charge is 0.221 e. The Morgan fingerprint density at radius 3 is 2.57 bits per heavy atom. The first kappa shape index (κ1) is 27.3. The largest absolute Gasteiger partial charge is 0.395 e. The van der Waals surface area contributed by atoms with Crippen molar-refractivity contribution in [2.45, 2.75) is 51.0 Å². The highest BCUT2D eigenvalue weighted by molar-refractivity contribution is 7.89. The van der Waals surface area contributed by atoms with Crippen LogP contribution in [0.25, 0.3) is 22.0 Å². The average molecular weight is 527 g/mol. The molecule has 0 spiro atoms. The van der Waals surface area contributed by atoms with E-state index in [0.29, 0.717) is 26.1 Å². The minimum atomic E-state index is -3.32. The Morgan fingerprint density at radius 1 is 1.19 bits per heavy atom. The Kier molecular flexibility index (Phi) is 9.02. The molecule has 0 aliphatic carbocycles. The summed E-state index contributed by atoms with van der Waals surface area (Å²) in [5.74, 6) is -0.0431. The Morgan fingerprint density at radius 2 is 1.92 bits per heavy atom. The van der Waals surface area contributed by atoms with Crippen LogP contribution in [0.15, 0.2) is 48.7 Å². The number of aromatic amines is 1. The summed E-state index contributed by atoms with van der Waals surface area (Å²) in [5.41, 5.74) is 10.6. The van der Waals surface area contributed by atoms with Crippen LogP contribution >= 0.6 is 0 Å². The van der Waals surface area contributed by atoms with Crippen LogP contribution in [0.3, 0.4) is 0 Å². The molecule has 0 unspecified atom stereocenters. The zero-order valence-corrected chi connectivity index (χ0v) is 22.3. The average Bonchev–Trinajstić information content (AvgIpc) is 3.33. The van der Waals surface area contributed by atoms with Gasteiger partial charge in [-0.2, -0.15) is 0 Å². The second-order valence-corrected chi connectivity index (χ2v) is 12.0. The fourth-order valence-electron chi connectivity index (χ4n) is 5.26. The summed E-state index contributed by atoms with van der Waals surface area (Å²) in [6.07, 6.45) is 4.98. The molecule has 1 saturated heterocycles. The van der Waals surface area contributed by atoms with Crippen molar-refractivity contribution in [3.8, 4) is 11.1 Å². The number of primary amides is 1. The first-order chi connectivity index (χ1) is 17.8. The van der Waals surface area contributed by atoms with Gasteiger partial charge in [-0.3, -0.25) is 4.79 Å². The zero-order chi connectivity index (χ0) is 26.4. The number of carbonyl (C=O) groups excluding carboxylic acids is 1. The second kappa shape index (κ2) is 12.2. The van der Waals surface area contributed by atoms with E-state index in [2.05, 4.69) is 16.4 Å². The number of aliphatic hydroxyl groups excluding tert-OH is 1. The Balaban J connectivity index is 1.47. The van der Waals surface area contributed by atoms with Crippen LogP contribution in [-0.4, -0.2) is 66.8 Å². The molecule has 2 aromatic carbocycles. The van der Waals surface area contributed by atoms with Crippen molar-refractivity contribution in [3.63, 3.8) is 0 Å². The van der Waals surface area contributed by atoms with Crippen molar-refractivity contribution in [1.82, 2.24) is 14.6 Å². The molecule has 1 aliphatic rings. The predicted octanol–water partition coefficient (Wildman–Crippen LogP) is 3.12. The maximum Gasteiger partial charge on any atom is 0.221 e. The summed E-state index contributed by atoms with van der Waals surface area (Å²) in [4.78, 5) is 15.2. The number of piperidine rings is 1. The van der Waals surface area contributed by atoms with Crippen molar-refractivity contribution < 1.29 is 18.3 Å². The van der Waals surface area contributed by atoms with Crippen molar-refractivity contribution in [2.75, 3.05) is 32.0 Å². The number of nitrogens with zero attached hydrogens (tertiary/aromatic N) is 1. The first-order valence-corrected chi connectivity index (χ1v) is 14.7. The van der Waals surface area contributed by atoms with Crippen molar-refractivity contribution in [2.24, 2.45) is 5.73 Å². The van der Waals surface area contributed by atoms with Gasteiger partial charge >= 0.3 is 0 Å². The van der Waals surface area contributed by atoms with Gasteiger partial charge in [0.1, 0.15) is 0 Å². The number of carbonyl (C=O) groups is 1. The lowest BCUT2D eigenvalue weighted by molar-refractivity contribution is -0.117. The molecule has 0 saturated carbocycles. The number of amides is 1. The van der Waals surface area contributed by atoms with Crippen LogP contribution in [0.5, 0.6) is 0 Å². The van der Waals surface area contributed by atoms with E-state index in [9.17, 15) is 18.3 Å². The number of hydrogen-bond acceptors (Lipinski definition) is 5. The predicted molar refractivity (Wildman–Crippen MR) is 148 cm³/mol. The third kappa shape index (κ3) is 6.59. The molecule has 2 heterocycles. The number of hydrogen-bond donors (Lipinski definition) is 4. The van der Waals surface area contributed by atoms with Gasteiger partial charge in [-0.25, -0.2) is 12.7 Å². The monoisotopic (exact) mass is 526 g/mol. The molecule has 1 aromatic heterocycles. The summed E-state index contributed by atoms with van der Waals surface area (Å²) in [6.45, 7) is 3.61. The molecule has 200 valence electrons. The third-order valence-corrected chi connectivity index (χ3v) is 9.34. The Labute approximate surface area is 219 Å². The summed E-state index contributed by atoms with van der Waals surface area (Å²) < 4.78 is 27.5. The van der Waals surface area contributed by atoms with Gasteiger partial charge in [0.15, 0.2) is 0 Å². The summed E-state index contributed by atoms with van der Waals surface area (Å²) in [5, 5.41) is 13.5. The van der Waals surface area contributed by atoms with E-state index in [0.717, 1.165) is 52.4 Å². The number of nitrogens with two attached hydrogens (primary N) is 1. The minimum absolute atomic E-state index is 0.0144. The normalized spacial score (nSPS) is 16.3. The van der Waals surface area contributed by atoms with E-state index >= 15 is 0 Å². The molecule has 0 radical (unpaired) electrons. The molecular formula is C28H38N4O4S. The minimum Gasteiger partial charge on any atom is -0.395 e. The summed E-state index contributed by atoms with van der Waals surface area (Å²) >= 11 is 0. The molecule has 8 nitrogen and oxygen atoms in total. The fraction of sp³-hybridized carbons (Fsp3) is 0.464. The molecule has 1 amide bonds. The van der Waals surface area contributed by atoms with E-state index in [-0.39, 0.29) is 36.6 Å². The zero-order valence-electron chi connectivity index (χ0n) is 21.4. The van der Waals surface area contributed by atoms with Crippen molar-refractivity contribution >= 4 is 26.8 Å². The van der Waals surface area contributed by atoms with E-state index in [1.165, 1.54) is 0 Å². The van der Waals surface area contributed by atoms with E-state index in [1.807, 2.05) is 49.5 Å². The van der Waals surface area contributed by atoms with Gasteiger partial charge in [0.05, 0.1) is 18.8 Å². The van der Waals surface area contributed by atoms with Crippen LogP contribution < -0.4 is 11.1 Å². The maximum atomic E-state index is 12.9. The van der Waals surface area contributed by atoms with E-state index in [1.54, 1.807) is 4.31 Å². The van der Waals surface area contributed by atoms with Crippen LogP contribution in [0.4, 0.5) is 0 Å². The first-order valence-electron chi connectivity index (χ1n) is 13.1. The van der Waals surface area contributed by atoms with Crippen molar-refractivity contribution in [3.05, 3.63) is 59.8 Å².